The molecule has 1 aromatic heterocycles. The van der Waals surface area contributed by atoms with Gasteiger partial charge < -0.3 is 5.32 Å². The molecular formula is C8H11BrN2. The summed E-state index contributed by atoms with van der Waals surface area (Å²) in [5.74, 6) is 0. The highest BCUT2D eigenvalue weighted by Gasteiger charge is 2.00. The number of rotatable bonds is 2. The van der Waals surface area contributed by atoms with Crippen LogP contribution in [0.3, 0.4) is 0 Å². The predicted octanol–water partition coefficient (Wildman–Crippen LogP) is 1.87. The highest BCUT2D eigenvalue weighted by molar-refractivity contribution is 9.10. The van der Waals surface area contributed by atoms with Gasteiger partial charge >= 0.3 is 0 Å². The third-order valence-electron chi connectivity index (χ3n) is 1.57. The summed E-state index contributed by atoms with van der Waals surface area (Å²) in [7, 11) is 1.94. The van der Waals surface area contributed by atoms with E-state index in [1.807, 2.05) is 19.4 Å². The lowest BCUT2D eigenvalue weighted by Gasteiger charge is -2.05. The number of halogens is 1. The van der Waals surface area contributed by atoms with Gasteiger partial charge in [0.1, 0.15) is 0 Å². The summed E-state index contributed by atoms with van der Waals surface area (Å²) in [6.45, 7) is 2.94. The van der Waals surface area contributed by atoms with Crippen LogP contribution < -0.4 is 5.32 Å². The number of hydrogen-bond acceptors (Lipinski definition) is 2. The van der Waals surface area contributed by atoms with Gasteiger partial charge in [-0.25, -0.2) is 0 Å². The normalized spacial score (nSPS) is 10.1. The van der Waals surface area contributed by atoms with Crippen LogP contribution in [0.4, 0.5) is 0 Å². The van der Waals surface area contributed by atoms with E-state index in [4.69, 9.17) is 0 Å². The van der Waals surface area contributed by atoms with Crippen molar-refractivity contribution in [1.29, 1.82) is 0 Å². The number of nitrogens with zero attached hydrogens (tertiary/aromatic N) is 1. The van der Waals surface area contributed by atoms with Gasteiger partial charge in [0.15, 0.2) is 0 Å². The molecule has 0 saturated heterocycles. The minimum absolute atomic E-state index is 0.884. The van der Waals surface area contributed by atoms with Gasteiger partial charge in [0.25, 0.3) is 0 Å². The molecule has 1 rings (SSSR count). The lowest BCUT2D eigenvalue weighted by molar-refractivity contribution is 0.805. The molecule has 60 valence electrons. The molecule has 0 amide bonds. The Labute approximate surface area is 75.2 Å². The van der Waals surface area contributed by atoms with Crippen molar-refractivity contribution in [2.24, 2.45) is 0 Å². The number of aryl methyl sites for hydroxylation is 1. The molecule has 0 aliphatic carbocycles. The molecule has 0 saturated carbocycles. The van der Waals surface area contributed by atoms with Gasteiger partial charge in [0.05, 0.1) is 0 Å². The van der Waals surface area contributed by atoms with Gasteiger partial charge in [-0.2, -0.15) is 0 Å². The maximum absolute atomic E-state index is 4.05. The first-order valence-corrected chi connectivity index (χ1v) is 4.28. The van der Waals surface area contributed by atoms with E-state index in [2.05, 4.69) is 33.2 Å². The van der Waals surface area contributed by atoms with Crippen LogP contribution in [0.15, 0.2) is 16.9 Å². The van der Waals surface area contributed by atoms with Gasteiger partial charge in [0.2, 0.25) is 0 Å². The molecule has 0 spiro atoms. The van der Waals surface area contributed by atoms with Gasteiger partial charge in [-0.1, -0.05) is 0 Å². The minimum Gasteiger partial charge on any atom is -0.316 e. The molecule has 0 unspecified atom stereocenters. The van der Waals surface area contributed by atoms with Gasteiger partial charge in [-0.05, 0) is 41.0 Å². The van der Waals surface area contributed by atoms with Crippen molar-refractivity contribution in [2.75, 3.05) is 7.05 Å². The molecule has 1 heterocycles. The van der Waals surface area contributed by atoms with Crippen molar-refractivity contribution in [2.45, 2.75) is 13.5 Å². The zero-order valence-corrected chi connectivity index (χ0v) is 8.27. The molecule has 1 N–H and O–H groups in total. The summed E-state index contributed by atoms with van der Waals surface area (Å²) >= 11 is 3.45. The predicted molar refractivity (Wildman–Crippen MR) is 49.4 cm³/mol. The van der Waals surface area contributed by atoms with E-state index in [0.29, 0.717) is 0 Å². The highest BCUT2D eigenvalue weighted by Crippen LogP contribution is 2.17. The summed E-state index contributed by atoms with van der Waals surface area (Å²) in [6, 6.07) is 0. The lowest BCUT2D eigenvalue weighted by atomic mass is 10.1. The van der Waals surface area contributed by atoms with Crippen molar-refractivity contribution in [1.82, 2.24) is 10.3 Å². The Morgan fingerprint density at radius 2 is 2.27 bits per heavy atom. The van der Waals surface area contributed by atoms with Crippen molar-refractivity contribution in [3.8, 4) is 0 Å². The van der Waals surface area contributed by atoms with Crippen molar-refractivity contribution in [3.63, 3.8) is 0 Å². The first-order valence-electron chi connectivity index (χ1n) is 3.49. The van der Waals surface area contributed by atoms with E-state index in [1.54, 1.807) is 0 Å². The number of pyridine rings is 1. The fraction of sp³-hybridized carbons (Fsp3) is 0.375. The maximum Gasteiger partial charge on any atom is 0.0413 e. The van der Waals surface area contributed by atoms with Gasteiger partial charge in [0, 0.05) is 23.4 Å². The zero-order valence-electron chi connectivity index (χ0n) is 6.69. The minimum atomic E-state index is 0.884. The number of aromatic nitrogens is 1. The first kappa shape index (κ1) is 8.68. The van der Waals surface area contributed by atoms with Crippen LogP contribution in [0.5, 0.6) is 0 Å². The Morgan fingerprint density at radius 1 is 1.55 bits per heavy atom. The molecule has 0 radical (unpaired) electrons. The molecule has 1 aromatic rings. The Hall–Kier alpha value is -0.410. The van der Waals surface area contributed by atoms with Crippen LogP contribution in [0.2, 0.25) is 0 Å². The number of hydrogen-bond donors (Lipinski definition) is 1. The lowest BCUT2D eigenvalue weighted by Crippen LogP contribution is -2.07. The van der Waals surface area contributed by atoms with Crippen LogP contribution in [-0.2, 0) is 6.54 Å². The first-order chi connectivity index (χ1) is 5.25. The summed E-state index contributed by atoms with van der Waals surface area (Å²) in [5.41, 5.74) is 2.50. The fourth-order valence-electron chi connectivity index (χ4n) is 0.959. The molecule has 0 aliphatic rings. The summed E-state index contributed by atoms with van der Waals surface area (Å²) in [5, 5.41) is 3.11. The van der Waals surface area contributed by atoms with Crippen molar-refractivity contribution < 1.29 is 0 Å². The van der Waals surface area contributed by atoms with Crippen LogP contribution in [-0.4, -0.2) is 12.0 Å². The molecule has 2 nitrogen and oxygen atoms in total. The van der Waals surface area contributed by atoms with E-state index < -0.39 is 0 Å². The molecule has 0 aliphatic heterocycles. The molecule has 0 fully saturated rings. The Morgan fingerprint density at radius 3 is 2.82 bits per heavy atom. The van der Waals surface area contributed by atoms with Crippen LogP contribution in [0.25, 0.3) is 0 Å². The monoisotopic (exact) mass is 214 g/mol. The third kappa shape index (κ3) is 2.01. The Bertz CT molecular complexity index is 228. The number of nitrogens with one attached hydrogen (secondary N) is 1. The quantitative estimate of drug-likeness (QED) is 0.814. The highest BCUT2D eigenvalue weighted by atomic mass is 79.9. The smallest absolute Gasteiger partial charge is 0.0413 e. The molecule has 0 aromatic carbocycles. The zero-order chi connectivity index (χ0) is 8.27. The van der Waals surface area contributed by atoms with Gasteiger partial charge in [-0.3, -0.25) is 4.98 Å². The van der Waals surface area contributed by atoms with E-state index in [9.17, 15) is 0 Å². The Balaban J connectivity index is 3.00. The van der Waals surface area contributed by atoms with Crippen LogP contribution in [0, 0.1) is 6.92 Å². The van der Waals surface area contributed by atoms with E-state index in [1.165, 1.54) is 11.1 Å². The van der Waals surface area contributed by atoms with Crippen LogP contribution >= 0.6 is 15.9 Å². The van der Waals surface area contributed by atoms with Crippen LogP contribution in [0.1, 0.15) is 11.1 Å². The molecule has 0 atom stereocenters. The second-order valence-electron chi connectivity index (χ2n) is 2.45. The summed E-state index contributed by atoms with van der Waals surface area (Å²) < 4.78 is 1.08. The van der Waals surface area contributed by atoms with Crippen molar-refractivity contribution in [3.05, 3.63) is 28.0 Å². The molecule has 0 bridgehead atoms. The fourth-order valence-corrected chi connectivity index (χ4v) is 1.53. The Kier molecular flexibility index (Phi) is 3.02. The molecule has 3 heteroatoms. The van der Waals surface area contributed by atoms with Gasteiger partial charge in [-0.15, -0.1) is 0 Å². The largest absolute Gasteiger partial charge is 0.316 e. The SMILES string of the molecule is CNCc1c(C)cncc1Br. The average Bonchev–Trinajstić information content (AvgIpc) is 1.97. The standard InChI is InChI=1S/C8H11BrN2/c1-6-3-11-5-8(9)7(6)4-10-2/h3,5,10H,4H2,1-2H3. The second kappa shape index (κ2) is 3.83. The second-order valence-corrected chi connectivity index (χ2v) is 3.30. The molecular weight excluding hydrogens is 204 g/mol. The molecule has 11 heavy (non-hydrogen) atoms. The topological polar surface area (TPSA) is 24.9 Å². The average molecular weight is 215 g/mol. The van der Waals surface area contributed by atoms with E-state index in [0.717, 1.165) is 11.0 Å². The summed E-state index contributed by atoms with van der Waals surface area (Å²) in [6.07, 6.45) is 3.69. The van der Waals surface area contributed by atoms with E-state index in [-0.39, 0.29) is 0 Å². The summed E-state index contributed by atoms with van der Waals surface area (Å²) in [4.78, 5) is 4.05. The van der Waals surface area contributed by atoms with Crippen molar-refractivity contribution >= 4 is 15.9 Å². The third-order valence-corrected chi connectivity index (χ3v) is 2.26. The van der Waals surface area contributed by atoms with E-state index >= 15 is 0 Å². The maximum atomic E-state index is 4.05.